The predicted molar refractivity (Wildman–Crippen MR) is 97.9 cm³/mol. The maximum atomic E-state index is 11.9. The van der Waals surface area contributed by atoms with Crippen LogP contribution in [-0.4, -0.2) is 18.7 Å². The molecule has 1 aliphatic heterocycles. The standard InChI is InChI=1S/C19H16BrNO4/c1-21(9-12-2-5-16-18(6-12)24-11-23-16)10-13-7-19(22)25-17-8-14(20)3-4-15(13)17/h2-8H,9-11H2,1H3. The second kappa shape index (κ2) is 6.54. The summed E-state index contributed by atoms with van der Waals surface area (Å²) in [6, 6.07) is 13.2. The van der Waals surface area contributed by atoms with Crippen molar-refractivity contribution in [3.05, 3.63) is 68.5 Å². The third-order valence-corrected chi connectivity index (χ3v) is 4.62. The fourth-order valence-electron chi connectivity index (χ4n) is 3.03. The first kappa shape index (κ1) is 16.2. The van der Waals surface area contributed by atoms with Gasteiger partial charge in [0, 0.05) is 29.0 Å². The molecule has 0 amide bonds. The molecule has 0 atom stereocenters. The summed E-state index contributed by atoms with van der Waals surface area (Å²) in [4.78, 5) is 14.0. The number of benzene rings is 2. The smallest absolute Gasteiger partial charge is 0.336 e. The minimum Gasteiger partial charge on any atom is -0.454 e. The minimum atomic E-state index is -0.336. The molecule has 0 fully saturated rings. The molecule has 4 rings (SSSR count). The Hall–Kier alpha value is -2.31. The van der Waals surface area contributed by atoms with Crippen LogP contribution in [0.1, 0.15) is 11.1 Å². The van der Waals surface area contributed by atoms with E-state index in [0.717, 1.165) is 39.0 Å². The van der Waals surface area contributed by atoms with Gasteiger partial charge >= 0.3 is 5.63 Å². The van der Waals surface area contributed by atoms with Gasteiger partial charge in [0.25, 0.3) is 0 Å². The van der Waals surface area contributed by atoms with Crippen LogP contribution in [0.4, 0.5) is 0 Å². The highest BCUT2D eigenvalue weighted by atomic mass is 79.9. The Labute approximate surface area is 152 Å². The van der Waals surface area contributed by atoms with E-state index in [0.29, 0.717) is 12.1 Å². The van der Waals surface area contributed by atoms with Crippen LogP contribution in [0, 0.1) is 0 Å². The van der Waals surface area contributed by atoms with E-state index in [1.54, 1.807) is 6.07 Å². The Morgan fingerprint density at radius 2 is 1.88 bits per heavy atom. The third-order valence-electron chi connectivity index (χ3n) is 4.12. The van der Waals surface area contributed by atoms with Gasteiger partial charge in [0.05, 0.1) is 0 Å². The van der Waals surface area contributed by atoms with Crippen molar-refractivity contribution >= 4 is 26.9 Å². The molecule has 128 valence electrons. The molecule has 2 aromatic carbocycles. The molecule has 6 heteroatoms. The van der Waals surface area contributed by atoms with Crippen LogP contribution in [0.15, 0.2) is 56.1 Å². The summed E-state index contributed by atoms with van der Waals surface area (Å²) in [5.74, 6) is 1.56. The molecule has 0 bridgehead atoms. The molecular formula is C19H16BrNO4. The van der Waals surface area contributed by atoms with E-state index >= 15 is 0 Å². The van der Waals surface area contributed by atoms with Crippen molar-refractivity contribution < 1.29 is 13.9 Å². The monoisotopic (exact) mass is 401 g/mol. The van der Waals surface area contributed by atoms with Gasteiger partial charge in [-0.05, 0) is 48.5 Å². The molecule has 1 aromatic heterocycles. The molecule has 0 saturated heterocycles. The van der Waals surface area contributed by atoms with E-state index in [1.165, 1.54) is 0 Å². The average molecular weight is 402 g/mol. The van der Waals surface area contributed by atoms with Gasteiger partial charge in [0.2, 0.25) is 6.79 Å². The normalized spacial score (nSPS) is 12.9. The van der Waals surface area contributed by atoms with Gasteiger partial charge in [-0.3, -0.25) is 4.90 Å². The highest BCUT2D eigenvalue weighted by Gasteiger charge is 2.14. The van der Waals surface area contributed by atoms with Crippen molar-refractivity contribution in [3.63, 3.8) is 0 Å². The Kier molecular flexibility index (Phi) is 4.23. The van der Waals surface area contributed by atoms with E-state index in [2.05, 4.69) is 20.8 Å². The molecule has 25 heavy (non-hydrogen) atoms. The van der Waals surface area contributed by atoms with Gasteiger partial charge in [-0.15, -0.1) is 0 Å². The van der Waals surface area contributed by atoms with Gasteiger partial charge in [-0.1, -0.05) is 22.0 Å². The zero-order valence-electron chi connectivity index (χ0n) is 13.6. The predicted octanol–water partition coefficient (Wildman–Crippen LogP) is 3.92. The second-order valence-corrected chi connectivity index (χ2v) is 7.01. The summed E-state index contributed by atoms with van der Waals surface area (Å²) in [6.45, 7) is 1.64. The lowest BCUT2D eigenvalue weighted by molar-refractivity contribution is 0.174. The Balaban J connectivity index is 1.57. The number of hydrogen-bond donors (Lipinski definition) is 0. The van der Waals surface area contributed by atoms with E-state index in [4.69, 9.17) is 13.9 Å². The van der Waals surface area contributed by atoms with Crippen LogP contribution in [0.5, 0.6) is 11.5 Å². The Morgan fingerprint density at radius 1 is 1.04 bits per heavy atom. The van der Waals surface area contributed by atoms with Crippen molar-refractivity contribution in [1.82, 2.24) is 4.90 Å². The van der Waals surface area contributed by atoms with Gasteiger partial charge in [-0.25, -0.2) is 4.79 Å². The number of rotatable bonds is 4. The fourth-order valence-corrected chi connectivity index (χ4v) is 3.37. The lowest BCUT2D eigenvalue weighted by Gasteiger charge is -2.18. The largest absolute Gasteiger partial charge is 0.454 e. The van der Waals surface area contributed by atoms with E-state index < -0.39 is 0 Å². The van der Waals surface area contributed by atoms with Crippen LogP contribution in [0.25, 0.3) is 11.0 Å². The fraction of sp³-hybridized carbons (Fsp3) is 0.211. The number of halogens is 1. The number of nitrogens with zero attached hydrogens (tertiary/aromatic N) is 1. The van der Waals surface area contributed by atoms with Gasteiger partial charge in [-0.2, -0.15) is 0 Å². The molecule has 2 heterocycles. The second-order valence-electron chi connectivity index (χ2n) is 6.09. The van der Waals surface area contributed by atoms with Crippen LogP contribution in [0.2, 0.25) is 0 Å². The first-order valence-corrected chi connectivity index (χ1v) is 8.67. The lowest BCUT2D eigenvalue weighted by atomic mass is 10.1. The molecule has 0 radical (unpaired) electrons. The van der Waals surface area contributed by atoms with Crippen molar-refractivity contribution in [2.24, 2.45) is 0 Å². The summed E-state index contributed by atoms with van der Waals surface area (Å²) in [5.41, 5.74) is 2.33. The lowest BCUT2D eigenvalue weighted by Crippen LogP contribution is -2.18. The van der Waals surface area contributed by atoms with Crippen molar-refractivity contribution in [3.8, 4) is 11.5 Å². The summed E-state index contributed by atoms with van der Waals surface area (Å²) < 4.78 is 16.9. The zero-order valence-corrected chi connectivity index (χ0v) is 15.2. The minimum absolute atomic E-state index is 0.274. The molecule has 3 aromatic rings. The molecule has 5 nitrogen and oxygen atoms in total. The molecule has 0 spiro atoms. The summed E-state index contributed by atoms with van der Waals surface area (Å²) in [7, 11) is 2.02. The molecule has 0 unspecified atom stereocenters. The van der Waals surface area contributed by atoms with Crippen LogP contribution in [0.3, 0.4) is 0 Å². The number of ether oxygens (including phenoxy) is 2. The third kappa shape index (κ3) is 3.41. The molecular weight excluding hydrogens is 386 g/mol. The van der Waals surface area contributed by atoms with Crippen LogP contribution in [-0.2, 0) is 13.1 Å². The SMILES string of the molecule is CN(Cc1ccc2c(c1)OCO2)Cc1cc(=O)oc2cc(Br)ccc12. The van der Waals surface area contributed by atoms with Crippen molar-refractivity contribution in [2.75, 3.05) is 13.8 Å². The highest BCUT2D eigenvalue weighted by Crippen LogP contribution is 2.33. The van der Waals surface area contributed by atoms with Crippen molar-refractivity contribution in [1.29, 1.82) is 0 Å². The van der Waals surface area contributed by atoms with Crippen LogP contribution < -0.4 is 15.1 Å². The van der Waals surface area contributed by atoms with Crippen molar-refractivity contribution in [2.45, 2.75) is 13.1 Å². The number of hydrogen-bond acceptors (Lipinski definition) is 5. The van der Waals surface area contributed by atoms with Gasteiger partial charge in [0.15, 0.2) is 11.5 Å². The first-order valence-electron chi connectivity index (χ1n) is 7.88. The first-order chi connectivity index (χ1) is 12.1. The summed E-state index contributed by atoms with van der Waals surface area (Å²) in [6.07, 6.45) is 0. The maximum Gasteiger partial charge on any atom is 0.336 e. The molecule has 1 aliphatic rings. The van der Waals surface area contributed by atoms with E-state index in [-0.39, 0.29) is 12.4 Å². The number of fused-ring (bicyclic) bond motifs is 2. The quantitative estimate of drug-likeness (QED) is 0.620. The van der Waals surface area contributed by atoms with E-state index in [9.17, 15) is 4.79 Å². The summed E-state index contributed by atoms with van der Waals surface area (Å²) >= 11 is 3.41. The zero-order chi connectivity index (χ0) is 17.4. The van der Waals surface area contributed by atoms with Gasteiger partial charge in [0.1, 0.15) is 5.58 Å². The summed E-state index contributed by atoms with van der Waals surface area (Å²) in [5, 5.41) is 0.945. The Bertz CT molecular complexity index is 998. The molecule has 0 aliphatic carbocycles. The Morgan fingerprint density at radius 3 is 2.76 bits per heavy atom. The topological polar surface area (TPSA) is 51.9 Å². The maximum absolute atomic E-state index is 11.9. The highest BCUT2D eigenvalue weighted by molar-refractivity contribution is 9.10. The van der Waals surface area contributed by atoms with Gasteiger partial charge < -0.3 is 13.9 Å². The molecule has 0 N–H and O–H groups in total. The average Bonchev–Trinajstić information content (AvgIpc) is 3.01. The van der Waals surface area contributed by atoms with Crippen LogP contribution >= 0.6 is 15.9 Å². The molecule has 0 saturated carbocycles. The van der Waals surface area contributed by atoms with E-state index in [1.807, 2.05) is 43.4 Å².